The third kappa shape index (κ3) is 1.32. The molecule has 1 aromatic heterocycles. The van der Waals surface area contributed by atoms with E-state index in [1.165, 1.54) is 5.56 Å². The first-order valence-corrected chi connectivity index (χ1v) is 4.76. The van der Waals surface area contributed by atoms with Crippen LogP contribution in [0.15, 0.2) is 18.3 Å². The summed E-state index contributed by atoms with van der Waals surface area (Å²) >= 11 is 11.9. The van der Waals surface area contributed by atoms with E-state index in [4.69, 9.17) is 23.2 Å². The van der Waals surface area contributed by atoms with E-state index in [1.54, 1.807) is 0 Å². The van der Waals surface area contributed by atoms with Crippen LogP contribution in [0.2, 0.25) is 10.0 Å². The lowest BCUT2D eigenvalue weighted by Gasteiger charge is -1.99. The van der Waals surface area contributed by atoms with Crippen molar-refractivity contribution in [2.24, 2.45) is 7.05 Å². The van der Waals surface area contributed by atoms with Gasteiger partial charge in [-0.25, -0.2) is 0 Å². The fourth-order valence-electron chi connectivity index (χ4n) is 1.57. The summed E-state index contributed by atoms with van der Waals surface area (Å²) in [5.74, 6) is 0. The Balaban J connectivity index is 2.91. The van der Waals surface area contributed by atoms with E-state index in [0.717, 1.165) is 10.9 Å². The van der Waals surface area contributed by atoms with Crippen LogP contribution in [0.25, 0.3) is 10.9 Å². The Morgan fingerprint density at radius 1 is 1.15 bits per heavy atom. The smallest absolute Gasteiger partial charge is 0.0613 e. The van der Waals surface area contributed by atoms with E-state index < -0.39 is 0 Å². The van der Waals surface area contributed by atoms with Gasteiger partial charge < -0.3 is 4.57 Å². The van der Waals surface area contributed by atoms with Gasteiger partial charge in [0.1, 0.15) is 0 Å². The van der Waals surface area contributed by atoms with Crippen LogP contribution >= 0.6 is 23.2 Å². The molecule has 0 aliphatic rings. The zero-order chi connectivity index (χ0) is 9.59. The second-order valence-electron chi connectivity index (χ2n) is 3.21. The van der Waals surface area contributed by atoms with Crippen molar-refractivity contribution in [1.29, 1.82) is 0 Å². The van der Waals surface area contributed by atoms with Gasteiger partial charge in [-0.05, 0) is 24.6 Å². The molecule has 2 rings (SSSR count). The summed E-state index contributed by atoms with van der Waals surface area (Å²) in [5.41, 5.74) is 2.34. The van der Waals surface area contributed by atoms with Crippen LogP contribution in [0.3, 0.4) is 0 Å². The Labute approximate surface area is 86.9 Å². The Morgan fingerprint density at radius 2 is 1.77 bits per heavy atom. The topological polar surface area (TPSA) is 4.93 Å². The van der Waals surface area contributed by atoms with Crippen LogP contribution in [-0.2, 0) is 7.05 Å². The lowest BCUT2D eigenvalue weighted by atomic mass is 10.2. The molecule has 0 unspecified atom stereocenters. The average Bonchev–Trinajstić information content (AvgIpc) is 2.31. The van der Waals surface area contributed by atoms with E-state index in [1.807, 2.05) is 23.7 Å². The molecule has 0 saturated heterocycles. The van der Waals surface area contributed by atoms with Crippen molar-refractivity contribution < 1.29 is 0 Å². The van der Waals surface area contributed by atoms with Crippen LogP contribution in [-0.4, -0.2) is 4.57 Å². The normalized spacial score (nSPS) is 11.1. The molecule has 68 valence electrons. The number of nitrogens with zero attached hydrogens (tertiary/aromatic N) is 1. The molecule has 0 aliphatic carbocycles. The highest BCUT2D eigenvalue weighted by atomic mass is 35.5. The second-order valence-corrected chi connectivity index (χ2v) is 4.02. The highest BCUT2D eigenvalue weighted by molar-refractivity contribution is 6.42. The molecule has 3 heteroatoms. The first-order valence-electron chi connectivity index (χ1n) is 4.00. The van der Waals surface area contributed by atoms with Crippen molar-refractivity contribution in [2.75, 3.05) is 0 Å². The van der Waals surface area contributed by atoms with E-state index in [2.05, 4.69) is 13.1 Å². The third-order valence-electron chi connectivity index (χ3n) is 2.23. The summed E-state index contributed by atoms with van der Waals surface area (Å²) in [6.07, 6.45) is 2.07. The second kappa shape index (κ2) is 2.93. The minimum absolute atomic E-state index is 0.607. The number of halogens is 2. The van der Waals surface area contributed by atoms with Crippen molar-refractivity contribution in [3.05, 3.63) is 33.9 Å². The molecule has 0 atom stereocenters. The minimum Gasteiger partial charge on any atom is -0.350 e. The molecular formula is C10H9Cl2N. The standard InChI is InChI=1S/C10H9Cl2N/c1-6-5-13(2)10-4-9(12)8(11)3-7(6)10/h3-5H,1-2H3. The average molecular weight is 214 g/mol. The van der Waals surface area contributed by atoms with Gasteiger partial charge in [0.05, 0.1) is 10.0 Å². The molecule has 0 bridgehead atoms. The van der Waals surface area contributed by atoms with Gasteiger partial charge in [-0.2, -0.15) is 0 Å². The zero-order valence-corrected chi connectivity index (χ0v) is 8.95. The Kier molecular flexibility index (Phi) is 2.01. The monoisotopic (exact) mass is 213 g/mol. The molecule has 0 radical (unpaired) electrons. The summed E-state index contributed by atoms with van der Waals surface area (Å²) in [7, 11) is 2.00. The first kappa shape index (κ1) is 8.92. The molecule has 2 aromatic rings. The third-order valence-corrected chi connectivity index (χ3v) is 2.95. The Morgan fingerprint density at radius 3 is 2.46 bits per heavy atom. The largest absolute Gasteiger partial charge is 0.350 e. The highest BCUT2D eigenvalue weighted by Gasteiger charge is 2.06. The van der Waals surface area contributed by atoms with Crippen molar-refractivity contribution >= 4 is 34.1 Å². The zero-order valence-electron chi connectivity index (χ0n) is 7.44. The van der Waals surface area contributed by atoms with Crippen LogP contribution in [0, 0.1) is 6.92 Å². The van der Waals surface area contributed by atoms with Gasteiger partial charge >= 0.3 is 0 Å². The summed E-state index contributed by atoms with van der Waals surface area (Å²) in [6, 6.07) is 3.81. The summed E-state index contributed by atoms with van der Waals surface area (Å²) in [5, 5.41) is 2.38. The van der Waals surface area contributed by atoms with Crippen molar-refractivity contribution in [3.63, 3.8) is 0 Å². The van der Waals surface area contributed by atoms with Crippen molar-refractivity contribution in [3.8, 4) is 0 Å². The number of aryl methyl sites for hydroxylation is 2. The number of hydrogen-bond acceptors (Lipinski definition) is 0. The highest BCUT2D eigenvalue weighted by Crippen LogP contribution is 2.30. The van der Waals surface area contributed by atoms with Gasteiger partial charge in [-0.3, -0.25) is 0 Å². The quantitative estimate of drug-likeness (QED) is 0.628. The molecule has 0 saturated carbocycles. The molecule has 1 heterocycles. The van der Waals surface area contributed by atoms with Gasteiger partial charge in [0.2, 0.25) is 0 Å². The van der Waals surface area contributed by atoms with E-state index in [-0.39, 0.29) is 0 Å². The van der Waals surface area contributed by atoms with E-state index >= 15 is 0 Å². The van der Waals surface area contributed by atoms with Crippen LogP contribution in [0.4, 0.5) is 0 Å². The van der Waals surface area contributed by atoms with Gasteiger partial charge in [0.15, 0.2) is 0 Å². The minimum atomic E-state index is 0.607. The van der Waals surface area contributed by atoms with Crippen molar-refractivity contribution in [2.45, 2.75) is 6.92 Å². The molecule has 0 N–H and O–H groups in total. The molecule has 0 amide bonds. The summed E-state index contributed by atoms with van der Waals surface area (Å²) < 4.78 is 2.05. The van der Waals surface area contributed by atoms with Gasteiger partial charge in [0.25, 0.3) is 0 Å². The molecule has 1 aromatic carbocycles. The predicted molar refractivity (Wildman–Crippen MR) is 57.7 cm³/mol. The SMILES string of the molecule is Cc1cn(C)c2cc(Cl)c(Cl)cc12. The Hall–Kier alpha value is -0.660. The number of hydrogen-bond donors (Lipinski definition) is 0. The molecule has 1 nitrogen and oxygen atoms in total. The molecule has 0 aliphatic heterocycles. The lowest BCUT2D eigenvalue weighted by Crippen LogP contribution is -1.83. The van der Waals surface area contributed by atoms with Gasteiger partial charge in [-0.1, -0.05) is 23.2 Å². The van der Waals surface area contributed by atoms with Crippen molar-refractivity contribution in [1.82, 2.24) is 4.57 Å². The van der Waals surface area contributed by atoms with Crippen LogP contribution in [0.1, 0.15) is 5.56 Å². The van der Waals surface area contributed by atoms with Crippen LogP contribution < -0.4 is 0 Å². The molecule has 0 fully saturated rings. The van der Waals surface area contributed by atoms with E-state index in [0.29, 0.717) is 10.0 Å². The number of fused-ring (bicyclic) bond motifs is 1. The maximum atomic E-state index is 5.93. The van der Waals surface area contributed by atoms with Gasteiger partial charge in [-0.15, -0.1) is 0 Å². The molecule has 13 heavy (non-hydrogen) atoms. The predicted octanol–water partition coefficient (Wildman–Crippen LogP) is 3.79. The van der Waals surface area contributed by atoms with Crippen LogP contribution in [0.5, 0.6) is 0 Å². The fourth-order valence-corrected chi connectivity index (χ4v) is 1.90. The lowest BCUT2D eigenvalue weighted by molar-refractivity contribution is 0.964. The molecular weight excluding hydrogens is 205 g/mol. The molecule has 0 spiro atoms. The van der Waals surface area contributed by atoms with Gasteiger partial charge in [0, 0.05) is 24.1 Å². The maximum Gasteiger partial charge on any atom is 0.0613 e. The van der Waals surface area contributed by atoms with E-state index in [9.17, 15) is 0 Å². The summed E-state index contributed by atoms with van der Waals surface area (Å²) in [6.45, 7) is 2.06. The first-order chi connectivity index (χ1) is 6.09. The fraction of sp³-hybridized carbons (Fsp3) is 0.200. The number of benzene rings is 1. The number of rotatable bonds is 0. The number of aromatic nitrogens is 1. The maximum absolute atomic E-state index is 5.93. The summed E-state index contributed by atoms with van der Waals surface area (Å²) in [4.78, 5) is 0. The Bertz CT molecular complexity index is 429.